The molecular weight excluding hydrogens is 985 g/mol. The number of hydrogen-bond donors (Lipinski definition) is 0. The van der Waals surface area contributed by atoms with Crippen molar-refractivity contribution in [3.05, 3.63) is 72.9 Å². The van der Waals surface area contributed by atoms with Crippen molar-refractivity contribution in [2.75, 3.05) is 13.2 Å². The maximum absolute atomic E-state index is 12.9. The molecule has 1 unspecified atom stereocenters. The summed E-state index contributed by atoms with van der Waals surface area (Å²) >= 11 is 0. The van der Waals surface area contributed by atoms with Crippen LogP contribution >= 0.6 is 0 Å². The van der Waals surface area contributed by atoms with Gasteiger partial charge < -0.3 is 14.2 Å². The minimum absolute atomic E-state index is 0.0753. The van der Waals surface area contributed by atoms with Gasteiger partial charge in [0.05, 0.1) is 0 Å². The first-order valence-corrected chi connectivity index (χ1v) is 34.9. The van der Waals surface area contributed by atoms with E-state index in [2.05, 4.69) is 93.7 Å². The summed E-state index contributed by atoms with van der Waals surface area (Å²) in [5, 5.41) is 0. The van der Waals surface area contributed by atoms with Gasteiger partial charge >= 0.3 is 17.9 Å². The smallest absolute Gasteiger partial charge is 0.306 e. The van der Waals surface area contributed by atoms with Gasteiger partial charge in [-0.1, -0.05) is 318 Å². The molecule has 0 saturated carbocycles. The molecule has 0 heterocycles. The third kappa shape index (κ3) is 65.7. The van der Waals surface area contributed by atoms with Crippen LogP contribution in [0.2, 0.25) is 0 Å². The van der Waals surface area contributed by atoms with Gasteiger partial charge in [-0.15, -0.1) is 0 Å². The number of hydrogen-bond acceptors (Lipinski definition) is 6. The first kappa shape index (κ1) is 76.9. The topological polar surface area (TPSA) is 78.9 Å². The van der Waals surface area contributed by atoms with E-state index in [1.165, 1.54) is 231 Å². The van der Waals surface area contributed by atoms with Crippen LogP contribution in [0.1, 0.15) is 361 Å². The van der Waals surface area contributed by atoms with E-state index in [-0.39, 0.29) is 31.1 Å². The summed E-state index contributed by atoms with van der Waals surface area (Å²) in [4.78, 5) is 38.4. The molecule has 0 aromatic carbocycles. The van der Waals surface area contributed by atoms with Crippen molar-refractivity contribution in [2.45, 2.75) is 367 Å². The lowest BCUT2D eigenvalue weighted by Gasteiger charge is -2.18. The van der Waals surface area contributed by atoms with Crippen molar-refractivity contribution >= 4 is 17.9 Å². The molecule has 0 aliphatic rings. The standard InChI is InChI=1S/C74H132O6/c1-4-7-10-13-16-19-22-25-27-29-31-33-35-36-37-38-40-41-43-45-47-49-52-55-58-61-64-67-73(76)79-70-71(69-78-72(75)66-63-60-57-54-51-24-21-18-15-12-9-6-3)80-74(77)68-65-62-59-56-53-50-48-46-44-42-39-34-32-30-28-26-23-20-17-14-11-8-5-2/h22-23,25-26,29-32,35-36,39,42,71H,4-21,24,27-28,33-34,37-38,40-41,43-70H2,1-3H3/b25-22-,26-23-,31-29-,32-30-,36-35-,42-39-. The van der Waals surface area contributed by atoms with Crippen LogP contribution in [0, 0.1) is 0 Å². The molecule has 80 heavy (non-hydrogen) atoms. The molecule has 0 spiro atoms. The van der Waals surface area contributed by atoms with E-state index < -0.39 is 6.10 Å². The Morgan fingerprint density at radius 3 is 0.700 bits per heavy atom. The number of carbonyl (C=O) groups excluding carboxylic acids is 3. The average Bonchev–Trinajstić information content (AvgIpc) is 3.46. The summed E-state index contributed by atoms with van der Waals surface area (Å²) in [6, 6.07) is 0. The van der Waals surface area contributed by atoms with Gasteiger partial charge in [-0.25, -0.2) is 0 Å². The number of carbonyl (C=O) groups is 3. The van der Waals surface area contributed by atoms with E-state index in [0.717, 1.165) is 89.9 Å². The molecular formula is C74H132O6. The second-order valence-corrected chi connectivity index (χ2v) is 23.4. The molecule has 0 aromatic heterocycles. The van der Waals surface area contributed by atoms with Gasteiger partial charge in [0, 0.05) is 19.3 Å². The van der Waals surface area contributed by atoms with Crippen LogP contribution in [0.5, 0.6) is 0 Å². The molecule has 1 atom stereocenters. The van der Waals surface area contributed by atoms with E-state index in [0.29, 0.717) is 19.3 Å². The second-order valence-electron chi connectivity index (χ2n) is 23.4. The maximum atomic E-state index is 12.9. The molecule has 6 nitrogen and oxygen atoms in total. The molecule has 0 rings (SSSR count). The number of esters is 3. The molecule has 0 radical (unpaired) electrons. The van der Waals surface area contributed by atoms with Crippen LogP contribution in [-0.2, 0) is 28.6 Å². The predicted octanol–water partition coefficient (Wildman–Crippen LogP) is 24.1. The zero-order chi connectivity index (χ0) is 57.8. The third-order valence-corrected chi connectivity index (χ3v) is 15.4. The first-order chi connectivity index (χ1) is 39.5. The Morgan fingerprint density at radius 1 is 0.250 bits per heavy atom. The monoisotopic (exact) mass is 1120 g/mol. The van der Waals surface area contributed by atoms with Crippen LogP contribution in [0.3, 0.4) is 0 Å². The minimum Gasteiger partial charge on any atom is -0.462 e. The summed E-state index contributed by atoms with van der Waals surface area (Å²) in [6.45, 7) is 6.65. The highest BCUT2D eigenvalue weighted by molar-refractivity contribution is 5.71. The van der Waals surface area contributed by atoms with E-state index in [4.69, 9.17) is 14.2 Å². The minimum atomic E-state index is -0.780. The zero-order valence-corrected chi connectivity index (χ0v) is 53.3. The number of allylic oxidation sites excluding steroid dienone is 12. The molecule has 0 amide bonds. The van der Waals surface area contributed by atoms with Crippen molar-refractivity contribution in [2.24, 2.45) is 0 Å². The number of unbranched alkanes of at least 4 members (excludes halogenated alkanes) is 41. The van der Waals surface area contributed by atoms with Crippen molar-refractivity contribution in [1.82, 2.24) is 0 Å². The fourth-order valence-electron chi connectivity index (χ4n) is 10.2. The second kappa shape index (κ2) is 68.3. The Hall–Kier alpha value is -3.15. The molecule has 0 aliphatic heterocycles. The maximum Gasteiger partial charge on any atom is 0.306 e. The van der Waals surface area contributed by atoms with Crippen molar-refractivity contribution < 1.29 is 28.6 Å². The van der Waals surface area contributed by atoms with Crippen LogP contribution in [0.4, 0.5) is 0 Å². The van der Waals surface area contributed by atoms with E-state index in [9.17, 15) is 14.4 Å². The van der Waals surface area contributed by atoms with Gasteiger partial charge in [-0.2, -0.15) is 0 Å². The normalized spacial score (nSPS) is 12.5. The van der Waals surface area contributed by atoms with Gasteiger partial charge in [0.15, 0.2) is 6.10 Å². The SMILES string of the molecule is CCCCCCC/C=C\C/C=C\C/C=C\CCCCCCCCCCCCCCC(=O)OCC(COC(=O)CCCCCCCCCCCCCC)OC(=O)CCCCCCCCCC/C=C\C/C=C\C/C=C\CCCCCCC. The molecule has 0 fully saturated rings. The van der Waals surface area contributed by atoms with Crippen molar-refractivity contribution in [3.8, 4) is 0 Å². The van der Waals surface area contributed by atoms with E-state index >= 15 is 0 Å². The Kier molecular flexibility index (Phi) is 65.7. The predicted molar refractivity (Wildman–Crippen MR) is 348 cm³/mol. The van der Waals surface area contributed by atoms with Crippen LogP contribution in [0.25, 0.3) is 0 Å². The van der Waals surface area contributed by atoms with Gasteiger partial charge in [0.25, 0.3) is 0 Å². The van der Waals surface area contributed by atoms with Gasteiger partial charge in [-0.05, 0) is 96.3 Å². The molecule has 0 N–H and O–H groups in total. The van der Waals surface area contributed by atoms with Crippen molar-refractivity contribution in [3.63, 3.8) is 0 Å². The van der Waals surface area contributed by atoms with Crippen LogP contribution in [-0.4, -0.2) is 37.2 Å². The molecule has 0 bridgehead atoms. The molecule has 0 aliphatic carbocycles. The number of ether oxygens (including phenoxy) is 3. The highest BCUT2D eigenvalue weighted by Crippen LogP contribution is 2.17. The summed E-state index contributed by atoms with van der Waals surface area (Å²) < 4.78 is 17.0. The highest BCUT2D eigenvalue weighted by Gasteiger charge is 2.19. The van der Waals surface area contributed by atoms with Crippen LogP contribution in [0.15, 0.2) is 72.9 Å². The fraction of sp³-hybridized carbons (Fsp3) is 0.797. The van der Waals surface area contributed by atoms with Gasteiger partial charge in [0.2, 0.25) is 0 Å². The Morgan fingerprint density at radius 2 is 0.450 bits per heavy atom. The summed E-state index contributed by atoms with van der Waals surface area (Å²) in [5.74, 6) is -0.866. The quantitative estimate of drug-likeness (QED) is 0.0261. The van der Waals surface area contributed by atoms with E-state index in [1.807, 2.05) is 0 Å². The lowest BCUT2D eigenvalue weighted by atomic mass is 10.0. The average molecular weight is 1120 g/mol. The molecule has 6 heteroatoms. The Balaban J connectivity index is 4.27. The largest absolute Gasteiger partial charge is 0.462 e. The lowest BCUT2D eigenvalue weighted by molar-refractivity contribution is -0.167. The Bertz CT molecular complexity index is 1470. The molecule has 464 valence electrons. The third-order valence-electron chi connectivity index (χ3n) is 15.4. The summed E-state index contributed by atoms with van der Waals surface area (Å²) in [5.41, 5.74) is 0. The van der Waals surface area contributed by atoms with Gasteiger partial charge in [-0.3, -0.25) is 14.4 Å². The highest BCUT2D eigenvalue weighted by atomic mass is 16.6. The lowest BCUT2D eigenvalue weighted by Crippen LogP contribution is -2.30. The fourth-order valence-corrected chi connectivity index (χ4v) is 10.2. The van der Waals surface area contributed by atoms with E-state index in [1.54, 1.807) is 0 Å². The molecule has 0 aromatic rings. The van der Waals surface area contributed by atoms with Gasteiger partial charge in [0.1, 0.15) is 13.2 Å². The molecule has 0 saturated heterocycles. The Labute approximate surface area is 497 Å². The van der Waals surface area contributed by atoms with Crippen LogP contribution < -0.4 is 0 Å². The number of rotatable bonds is 64. The summed E-state index contributed by atoms with van der Waals surface area (Å²) in [6.07, 6.45) is 89.2. The zero-order valence-electron chi connectivity index (χ0n) is 53.3. The summed E-state index contributed by atoms with van der Waals surface area (Å²) in [7, 11) is 0. The van der Waals surface area contributed by atoms with Crippen molar-refractivity contribution in [1.29, 1.82) is 0 Å². The first-order valence-electron chi connectivity index (χ1n) is 34.9.